The second kappa shape index (κ2) is 4.72. The first kappa shape index (κ1) is 11.7. The Morgan fingerprint density at radius 3 is 3.00 bits per heavy atom. The number of aryl methyl sites for hydroxylation is 3. The molecule has 2 aromatic heterocycles. The largest absolute Gasteiger partial charge is 0.437 e. The lowest BCUT2D eigenvalue weighted by atomic mass is 10.2. The van der Waals surface area contributed by atoms with Crippen LogP contribution in [0.5, 0.6) is 0 Å². The number of halogens is 1. The minimum absolute atomic E-state index is 0.683. The highest BCUT2D eigenvalue weighted by molar-refractivity contribution is 14.1. The predicted molar refractivity (Wildman–Crippen MR) is 77.5 cm³/mol. The number of H-pyrrole nitrogens is 1. The van der Waals surface area contributed by atoms with E-state index in [-0.39, 0.29) is 0 Å². The quantitative estimate of drug-likeness (QED) is 0.736. The number of benzene rings is 1. The summed E-state index contributed by atoms with van der Waals surface area (Å²) < 4.78 is 6.12. The van der Waals surface area contributed by atoms with Gasteiger partial charge in [-0.05, 0) is 24.6 Å². The molecule has 2 heterocycles. The molecule has 0 bridgehead atoms. The maximum Gasteiger partial charge on any atom is 0.257 e. The molecular formula is C13H12IN3O. The molecule has 0 amide bonds. The van der Waals surface area contributed by atoms with Crippen LogP contribution in [0.15, 0.2) is 28.8 Å². The van der Waals surface area contributed by atoms with Gasteiger partial charge in [-0.2, -0.15) is 0 Å². The number of oxazole rings is 1. The van der Waals surface area contributed by atoms with E-state index >= 15 is 0 Å². The number of aromatic nitrogens is 3. The van der Waals surface area contributed by atoms with Gasteiger partial charge in [-0.25, -0.2) is 9.97 Å². The maximum absolute atomic E-state index is 5.43. The summed E-state index contributed by atoms with van der Waals surface area (Å²) in [4.78, 5) is 12.0. The Balaban J connectivity index is 1.78. The van der Waals surface area contributed by atoms with Crippen LogP contribution in [0.3, 0.4) is 0 Å². The zero-order valence-corrected chi connectivity index (χ0v) is 12.1. The van der Waals surface area contributed by atoms with Crippen molar-refractivity contribution in [1.29, 1.82) is 0 Å². The van der Waals surface area contributed by atoms with Crippen molar-refractivity contribution in [2.24, 2.45) is 0 Å². The van der Waals surface area contributed by atoms with Crippen LogP contribution in [-0.2, 0) is 12.8 Å². The summed E-state index contributed by atoms with van der Waals surface area (Å²) in [5.74, 6) is 1.89. The molecule has 0 radical (unpaired) electrons. The Kier molecular flexibility index (Phi) is 3.07. The number of imidazole rings is 1. The summed E-state index contributed by atoms with van der Waals surface area (Å²) >= 11 is 2.07. The van der Waals surface area contributed by atoms with Crippen LogP contribution in [0.1, 0.15) is 17.1 Å². The number of nitrogens with zero attached hydrogens (tertiary/aromatic N) is 2. The van der Waals surface area contributed by atoms with E-state index in [4.69, 9.17) is 4.42 Å². The van der Waals surface area contributed by atoms with Crippen LogP contribution in [-0.4, -0.2) is 15.0 Å². The van der Waals surface area contributed by atoms with E-state index < -0.39 is 0 Å². The Bertz CT molecular complexity index is 686. The van der Waals surface area contributed by atoms with E-state index in [0.717, 1.165) is 35.5 Å². The molecule has 5 heteroatoms. The second-order valence-corrected chi connectivity index (χ2v) is 5.21. The van der Waals surface area contributed by atoms with Crippen molar-refractivity contribution < 1.29 is 4.42 Å². The average molecular weight is 353 g/mol. The van der Waals surface area contributed by atoms with Gasteiger partial charge in [-0.3, -0.25) is 0 Å². The predicted octanol–water partition coefficient (Wildman–Crippen LogP) is 3.25. The number of nitrogens with one attached hydrogen (secondary N) is 1. The van der Waals surface area contributed by atoms with Gasteiger partial charge in [0.25, 0.3) is 3.90 Å². The van der Waals surface area contributed by atoms with Gasteiger partial charge in [-0.15, -0.1) is 0 Å². The molecule has 0 aliphatic carbocycles. The van der Waals surface area contributed by atoms with Crippen LogP contribution in [0.4, 0.5) is 0 Å². The molecule has 0 aliphatic heterocycles. The van der Waals surface area contributed by atoms with Gasteiger partial charge in [0, 0.05) is 35.4 Å². The van der Waals surface area contributed by atoms with Crippen molar-refractivity contribution in [2.45, 2.75) is 19.8 Å². The highest BCUT2D eigenvalue weighted by atomic mass is 127. The van der Waals surface area contributed by atoms with Crippen molar-refractivity contribution >= 4 is 33.6 Å². The van der Waals surface area contributed by atoms with Gasteiger partial charge in [0.1, 0.15) is 11.6 Å². The van der Waals surface area contributed by atoms with Crippen molar-refractivity contribution in [1.82, 2.24) is 15.0 Å². The van der Waals surface area contributed by atoms with Crippen LogP contribution in [0.2, 0.25) is 0 Å². The van der Waals surface area contributed by atoms with Crippen LogP contribution in [0, 0.1) is 10.8 Å². The van der Waals surface area contributed by atoms with Crippen molar-refractivity contribution in [3.63, 3.8) is 0 Å². The molecule has 1 N–H and O–H groups in total. The second-order valence-electron chi connectivity index (χ2n) is 4.28. The molecule has 0 fully saturated rings. The standard InChI is InChI=1S/C13H12IN3O/c1-8-2-4-10-11(6-8)17-12(16-10)5-3-9-7-15-13(14)18-9/h2,4,6-7H,3,5H2,1H3,(H,16,17). The van der Waals surface area contributed by atoms with Crippen LogP contribution < -0.4 is 0 Å². The molecule has 4 nitrogen and oxygen atoms in total. The molecular weight excluding hydrogens is 341 g/mol. The Morgan fingerprint density at radius 1 is 1.33 bits per heavy atom. The van der Waals surface area contributed by atoms with Gasteiger partial charge in [0.05, 0.1) is 17.2 Å². The third kappa shape index (κ3) is 2.40. The zero-order valence-electron chi connectivity index (χ0n) is 9.90. The van der Waals surface area contributed by atoms with Crippen molar-refractivity contribution in [3.8, 4) is 0 Å². The lowest BCUT2D eigenvalue weighted by molar-refractivity contribution is 0.475. The first-order valence-corrected chi connectivity index (χ1v) is 6.84. The summed E-state index contributed by atoms with van der Waals surface area (Å²) in [6.45, 7) is 2.08. The SMILES string of the molecule is Cc1ccc2nc(CCc3cnc(I)o3)[nH]c2c1. The minimum atomic E-state index is 0.683. The van der Waals surface area contributed by atoms with E-state index in [2.05, 4.69) is 56.6 Å². The van der Waals surface area contributed by atoms with Crippen LogP contribution >= 0.6 is 22.6 Å². The summed E-state index contributed by atoms with van der Waals surface area (Å²) in [7, 11) is 0. The molecule has 0 saturated heterocycles. The number of rotatable bonds is 3. The van der Waals surface area contributed by atoms with Crippen molar-refractivity contribution in [2.75, 3.05) is 0 Å². The topological polar surface area (TPSA) is 54.7 Å². The molecule has 0 aliphatic rings. The fourth-order valence-electron chi connectivity index (χ4n) is 1.94. The van der Waals surface area contributed by atoms with Gasteiger partial charge in [-0.1, -0.05) is 6.07 Å². The van der Waals surface area contributed by atoms with Gasteiger partial charge >= 0.3 is 0 Å². The Labute approximate surface area is 118 Å². The van der Waals surface area contributed by atoms with Gasteiger partial charge in [0.15, 0.2) is 0 Å². The first-order valence-electron chi connectivity index (χ1n) is 5.76. The zero-order chi connectivity index (χ0) is 12.5. The minimum Gasteiger partial charge on any atom is -0.437 e. The van der Waals surface area contributed by atoms with E-state index in [9.17, 15) is 0 Å². The molecule has 0 saturated carbocycles. The summed E-state index contributed by atoms with van der Waals surface area (Å²) in [5, 5.41) is 0. The van der Waals surface area contributed by atoms with Crippen molar-refractivity contribution in [3.05, 3.63) is 45.4 Å². The van der Waals surface area contributed by atoms with E-state index in [1.165, 1.54) is 5.56 Å². The monoisotopic (exact) mass is 353 g/mol. The van der Waals surface area contributed by atoms with E-state index in [0.29, 0.717) is 3.90 Å². The molecule has 3 aromatic rings. The van der Waals surface area contributed by atoms with Gasteiger partial charge < -0.3 is 9.40 Å². The molecule has 0 spiro atoms. The average Bonchev–Trinajstić information content (AvgIpc) is 2.92. The lowest BCUT2D eigenvalue weighted by Crippen LogP contribution is -1.91. The number of aromatic amines is 1. The smallest absolute Gasteiger partial charge is 0.257 e. The van der Waals surface area contributed by atoms with E-state index in [1.54, 1.807) is 6.20 Å². The molecule has 18 heavy (non-hydrogen) atoms. The number of hydrogen-bond acceptors (Lipinski definition) is 3. The molecule has 0 atom stereocenters. The summed E-state index contributed by atoms with van der Waals surface area (Å²) in [6.07, 6.45) is 3.42. The maximum atomic E-state index is 5.43. The molecule has 1 aromatic carbocycles. The fourth-order valence-corrected chi connectivity index (χ4v) is 2.36. The normalized spacial score (nSPS) is 11.2. The Morgan fingerprint density at radius 2 is 2.22 bits per heavy atom. The number of fused-ring (bicyclic) bond motifs is 1. The lowest BCUT2D eigenvalue weighted by Gasteiger charge is -1.92. The first-order chi connectivity index (χ1) is 8.70. The van der Waals surface area contributed by atoms with Crippen LogP contribution in [0.25, 0.3) is 11.0 Å². The highest BCUT2D eigenvalue weighted by Crippen LogP contribution is 2.15. The Hall–Kier alpha value is -1.37. The molecule has 92 valence electrons. The summed E-state index contributed by atoms with van der Waals surface area (Å²) in [6, 6.07) is 6.23. The molecule has 3 rings (SSSR count). The van der Waals surface area contributed by atoms with E-state index in [1.807, 2.05) is 6.07 Å². The third-order valence-corrected chi connectivity index (χ3v) is 3.32. The third-order valence-electron chi connectivity index (χ3n) is 2.82. The molecule has 0 unspecified atom stereocenters. The number of hydrogen-bond donors (Lipinski definition) is 1. The fraction of sp³-hybridized carbons (Fsp3) is 0.231. The highest BCUT2D eigenvalue weighted by Gasteiger charge is 2.05. The van der Waals surface area contributed by atoms with Gasteiger partial charge in [0.2, 0.25) is 0 Å². The summed E-state index contributed by atoms with van der Waals surface area (Å²) in [5.41, 5.74) is 3.35.